The van der Waals surface area contributed by atoms with Crippen molar-refractivity contribution in [2.45, 2.75) is 20.0 Å². The van der Waals surface area contributed by atoms with E-state index in [2.05, 4.69) is 31.0 Å². The van der Waals surface area contributed by atoms with Crippen molar-refractivity contribution >= 4 is 11.7 Å². The van der Waals surface area contributed by atoms with Crippen LogP contribution in [0.1, 0.15) is 17.2 Å². The molecule has 10 nitrogen and oxygen atoms in total. The van der Waals surface area contributed by atoms with Crippen molar-refractivity contribution in [1.82, 2.24) is 35.4 Å². The lowest BCUT2D eigenvalue weighted by Crippen LogP contribution is -2.35. The molecular weight excluding hydrogens is 374 g/mol. The third kappa shape index (κ3) is 4.00. The molecule has 3 aromatic heterocycles. The van der Waals surface area contributed by atoms with Crippen molar-refractivity contribution in [2.24, 2.45) is 0 Å². The van der Waals surface area contributed by atoms with Crippen molar-refractivity contribution in [1.29, 1.82) is 0 Å². The SMILES string of the molecule is COc1ccc(CNC(=O)NCc2nnc3c(-c4nc(C)no4)cccn23)cc1. The lowest BCUT2D eigenvalue weighted by molar-refractivity contribution is 0.240. The monoisotopic (exact) mass is 393 g/mol. The molecule has 0 unspecified atom stereocenters. The highest BCUT2D eigenvalue weighted by molar-refractivity contribution is 5.74. The molecule has 0 aliphatic rings. The van der Waals surface area contributed by atoms with Crippen molar-refractivity contribution in [3.8, 4) is 17.2 Å². The number of hydrogen-bond donors (Lipinski definition) is 2. The molecule has 1 aromatic carbocycles. The number of aryl methyl sites for hydroxylation is 1. The van der Waals surface area contributed by atoms with Gasteiger partial charge in [-0.15, -0.1) is 10.2 Å². The Kier molecular flexibility index (Phi) is 5.06. The summed E-state index contributed by atoms with van der Waals surface area (Å²) in [6, 6.07) is 10.8. The van der Waals surface area contributed by atoms with Crippen LogP contribution in [0.5, 0.6) is 5.75 Å². The second kappa shape index (κ2) is 7.97. The summed E-state index contributed by atoms with van der Waals surface area (Å²) in [7, 11) is 1.61. The Morgan fingerprint density at radius 3 is 2.66 bits per heavy atom. The smallest absolute Gasteiger partial charge is 0.315 e. The zero-order valence-corrected chi connectivity index (χ0v) is 15.9. The molecule has 4 rings (SSSR count). The molecule has 29 heavy (non-hydrogen) atoms. The molecular formula is C19H19N7O3. The van der Waals surface area contributed by atoms with Gasteiger partial charge >= 0.3 is 6.03 Å². The Morgan fingerprint density at radius 2 is 1.93 bits per heavy atom. The Bertz CT molecular complexity index is 1130. The second-order valence-electron chi connectivity index (χ2n) is 6.26. The van der Waals surface area contributed by atoms with Crippen LogP contribution in [-0.2, 0) is 13.1 Å². The molecule has 0 atom stereocenters. The van der Waals surface area contributed by atoms with Gasteiger partial charge in [0.15, 0.2) is 17.3 Å². The van der Waals surface area contributed by atoms with Gasteiger partial charge in [-0.05, 0) is 36.8 Å². The van der Waals surface area contributed by atoms with Crippen LogP contribution in [0.2, 0.25) is 0 Å². The minimum absolute atomic E-state index is 0.210. The van der Waals surface area contributed by atoms with E-state index in [1.54, 1.807) is 18.4 Å². The van der Waals surface area contributed by atoms with E-state index in [9.17, 15) is 4.79 Å². The maximum Gasteiger partial charge on any atom is 0.315 e. The number of pyridine rings is 1. The number of aromatic nitrogens is 5. The molecule has 0 fully saturated rings. The molecule has 0 saturated carbocycles. The van der Waals surface area contributed by atoms with Gasteiger partial charge in [0.1, 0.15) is 5.75 Å². The first-order valence-electron chi connectivity index (χ1n) is 8.92. The number of carbonyl (C=O) groups is 1. The molecule has 4 aromatic rings. The highest BCUT2D eigenvalue weighted by Gasteiger charge is 2.15. The number of amides is 2. The van der Waals surface area contributed by atoms with Crippen LogP contribution in [0.15, 0.2) is 47.1 Å². The van der Waals surface area contributed by atoms with Gasteiger partial charge in [0.25, 0.3) is 5.89 Å². The fourth-order valence-electron chi connectivity index (χ4n) is 2.81. The Hall–Kier alpha value is -3.95. The van der Waals surface area contributed by atoms with Crippen LogP contribution >= 0.6 is 0 Å². The van der Waals surface area contributed by atoms with Gasteiger partial charge in [-0.25, -0.2) is 4.79 Å². The molecule has 0 spiro atoms. The highest BCUT2D eigenvalue weighted by atomic mass is 16.5. The summed E-state index contributed by atoms with van der Waals surface area (Å²) in [6.45, 7) is 2.36. The quantitative estimate of drug-likeness (QED) is 0.515. The molecule has 0 saturated heterocycles. The number of methoxy groups -OCH3 is 1. The zero-order valence-electron chi connectivity index (χ0n) is 15.9. The van der Waals surface area contributed by atoms with E-state index in [1.807, 2.05) is 42.6 Å². The van der Waals surface area contributed by atoms with Gasteiger partial charge in [0.2, 0.25) is 0 Å². The lowest BCUT2D eigenvalue weighted by Gasteiger charge is -2.08. The average molecular weight is 393 g/mol. The van der Waals surface area contributed by atoms with Crippen LogP contribution in [0.25, 0.3) is 17.1 Å². The average Bonchev–Trinajstić information content (AvgIpc) is 3.37. The maximum absolute atomic E-state index is 12.1. The van der Waals surface area contributed by atoms with Gasteiger partial charge in [-0.2, -0.15) is 4.98 Å². The molecule has 10 heteroatoms. The molecule has 148 valence electrons. The third-order valence-corrected chi connectivity index (χ3v) is 4.28. The third-order valence-electron chi connectivity index (χ3n) is 4.28. The minimum Gasteiger partial charge on any atom is -0.497 e. The molecule has 0 aliphatic heterocycles. The second-order valence-corrected chi connectivity index (χ2v) is 6.26. The fraction of sp³-hybridized carbons (Fsp3) is 0.211. The Morgan fingerprint density at radius 1 is 1.14 bits per heavy atom. The van der Waals surface area contributed by atoms with Gasteiger partial charge < -0.3 is 19.9 Å². The summed E-state index contributed by atoms with van der Waals surface area (Å²) in [5, 5.41) is 17.8. The molecule has 0 bridgehead atoms. The van der Waals surface area contributed by atoms with Gasteiger partial charge in [0.05, 0.1) is 19.2 Å². The molecule has 3 heterocycles. The number of nitrogens with one attached hydrogen (secondary N) is 2. The number of nitrogens with zero attached hydrogens (tertiary/aromatic N) is 5. The van der Waals surface area contributed by atoms with Gasteiger partial charge in [0, 0.05) is 12.7 Å². The summed E-state index contributed by atoms with van der Waals surface area (Å²) in [6.07, 6.45) is 1.81. The van der Waals surface area contributed by atoms with E-state index in [0.29, 0.717) is 35.3 Å². The largest absolute Gasteiger partial charge is 0.497 e. The molecule has 0 aliphatic carbocycles. The predicted octanol–water partition coefficient (Wildman–Crippen LogP) is 2.10. The summed E-state index contributed by atoms with van der Waals surface area (Å²) < 4.78 is 12.1. The molecule has 2 N–H and O–H groups in total. The number of benzene rings is 1. The summed E-state index contributed by atoms with van der Waals surface area (Å²) in [4.78, 5) is 16.4. The van der Waals surface area contributed by atoms with Crippen molar-refractivity contribution < 1.29 is 14.1 Å². The number of fused-ring (bicyclic) bond motifs is 1. The first-order chi connectivity index (χ1) is 14.1. The van der Waals surface area contributed by atoms with E-state index in [1.165, 1.54) is 0 Å². The maximum atomic E-state index is 12.1. The van der Waals surface area contributed by atoms with Crippen LogP contribution in [0, 0.1) is 6.92 Å². The van der Waals surface area contributed by atoms with Crippen molar-refractivity contribution in [3.05, 3.63) is 59.8 Å². The first-order valence-corrected chi connectivity index (χ1v) is 8.92. The van der Waals surface area contributed by atoms with Gasteiger partial charge in [-0.1, -0.05) is 17.3 Å². The van der Waals surface area contributed by atoms with Gasteiger partial charge in [-0.3, -0.25) is 4.40 Å². The van der Waals surface area contributed by atoms with Crippen LogP contribution in [0.3, 0.4) is 0 Å². The van der Waals surface area contributed by atoms with E-state index in [4.69, 9.17) is 9.26 Å². The van der Waals surface area contributed by atoms with Crippen molar-refractivity contribution in [3.63, 3.8) is 0 Å². The van der Waals surface area contributed by atoms with Crippen LogP contribution in [0.4, 0.5) is 4.79 Å². The van der Waals surface area contributed by atoms with E-state index in [0.717, 1.165) is 11.3 Å². The number of rotatable bonds is 6. The highest BCUT2D eigenvalue weighted by Crippen LogP contribution is 2.22. The topological polar surface area (TPSA) is 119 Å². The lowest BCUT2D eigenvalue weighted by atomic mass is 10.2. The number of hydrogen-bond acceptors (Lipinski definition) is 7. The molecule has 0 radical (unpaired) electrons. The van der Waals surface area contributed by atoms with Crippen LogP contribution < -0.4 is 15.4 Å². The number of carbonyl (C=O) groups excluding carboxylic acids is 1. The van der Waals surface area contributed by atoms with Crippen LogP contribution in [-0.4, -0.2) is 37.9 Å². The summed E-state index contributed by atoms with van der Waals surface area (Å²) in [5.74, 6) is 2.26. The predicted molar refractivity (Wildman–Crippen MR) is 103 cm³/mol. The fourth-order valence-corrected chi connectivity index (χ4v) is 2.81. The number of ether oxygens (including phenoxy) is 1. The summed E-state index contributed by atoms with van der Waals surface area (Å²) in [5.41, 5.74) is 2.22. The van der Waals surface area contributed by atoms with E-state index in [-0.39, 0.29) is 12.6 Å². The minimum atomic E-state index is -0.304. The van der Waals surface area contributed by atoms with E-state index < -0.39 is 0 Å². The first kappa shape index (κ1) is 18.4. The molecule has 2 amide bonds. The van der Waals surface area contributed by atoms with Crippen molar-refractivity contribution in [2.75, 3.05) is 7.11 Å². The summed E-state index contributed by atoms with van der Waals surface area (Å²) >= 11 is 0. The Labute approximate surface area is 165 Å². The Balaban J connectivity index is 1.40. The number of urea groups is 1. The standard InChI is InChI=1S/C19H19N7O3/c1-12-22-18(29-25-12)15-4-3-9-26-16(23-24-17(15)26)11-21-19(27)20-10-13-5-7-14(28-2)8-6-13/h3-9H,10-11H2,1-2H3,(H2,20,21,27). The van der Waals surface area contributed by atoms with E-state index >= 15 is 0 Å². The zero-order chi connectivity index (χ0) is 20.2. The normalized spacial score (nSPS) is 10.8.